The quantitative estimate of drug-likeness (QED) is 0.864. The van der Waals surface area contributed by atoms with Crippen LogP contribution in [0.15, 0.2) is 12.1 Å². The van der Waals surface area contributed by atoms with Gasteiger partial charge in [-0.3, -0.25) is 0 Å². The van der Waals surface area contributed by atoms with E-state index in [9.17, 15) is 8.78 Å². The molecule has 1 aromatic carbocycles. The summed E-state index contributed by atoms with van der Waals surface area (Å²) in [7, 11) is 0. The van der Waals surface area contributed by atoms with Crippen LogP contribution in [0.25, 0.3) is 11.0 Å². The molecule has 0 bridgehead atoms. The molecule has 0 fully saturated rings. The van der Waals surface area contributed by atoms with Gasteiger partial charge in [-0.05, 0) is 5.92 Å². The molecule has 5 heteroatoms. The van der Waals surface area contributed by atoms with Gasteiger partial charge in [-0.25, -0.2) is 13.8 Å². The minimum Gasteiger partial charge on any atom is -0.342 e. The molecular formula is C12H15F2N3. The number of hydrogen-bond donors (Lipinski definition) is 2. The summed E-state index contributed by atoms with van der Waals surface area (Å²) in [5.74, 6) is -0.771. The lowest BCUT2D eigenvalue weighted by Crippen LogP contribution is -2.29. The Balaban J connectivity index is 2.32. The van der Waals surface area contributed by atoms with Gasteiger partial charge < -0.3 is 10.7 Å². The van der Waals surface area contributed by atoms with Crippen LogP contribution in [0.1, 0.15) is 19.7 Å². The third-order valence-electron chi connectivity index (χ3n) is 2.86. The normalized spacial score (nSPS) is 13.5. The molecule has 0 aliphatic heterocycles. The number of aromatic nitrogens is 2. The van der Waals surface area contributed by atoms with Gasteiger partial charge in [-0.1, -0.05) is 13.8 Å². The Morgan fingerprint density at radius 1 is 1.29 bits per heavy atom. The Morgan fingerprint density at radius 3 is 2.59 bits per heavy atom. The van der Waals surface area contributed by atoms with Crippen molar-refractivity contribution in [1.29, 1.82) is 0 Å². The van der Waals surface area contributed by atoms with E-state index in [1.54, 1.807) is 0 Å². The molecule has 0 aliphatic carbocycles. The average Bonchev–Trinajstić information content (AvgIpc) is 2.60. The van der Waals surface area contributed by atoms with Crippen LogP contribution in [-0.4, -0.2) is 16.0 Å². The van der Waals surface area contributed by atoms with Gasteiger partial charge in [0.15, 0.2) is 11.6 Å². The van der Waals surface area contributed by atoms with Gasteiger partial charge in [-0.15, -0.1) is 0 Å². The van der Waals surface area contributed by atoms with Crippen molar-refractivity contribution in [2.75, 3.05) is 0 Å². The van der Waals surface area contributed by atoms with E-state index in [1.807, 2.05) is 13.8 Å². The van der Waals surface area contributed by atoms with E-state index in [0.29, 0.717) is 29.2 Å². The summed E-state index contributed by atoms with van der Waals surface area (Å²) in [5, 5.41) is 0. The van der Waals surface area contributed by atoms with Gasteiger partial charge in [0.25, 0.3) is 0 Å². The standard InChI is InChI=1S/C12H15F2N3/c1-6(2)9(15)5-12-16-10-3-7(13)8(14)4-11(10)17-12/h3-4,6,9H,5,15H2,1-2H3,(H,16,17). The van der Waals surface area contributed by atoms with E-state index in [0.717, 1.165) is 12.1 Å². The van der Waals surface area contributed by atoms with E-state index in [1.165, 1.54) is 0 Å². The zero-order valence-electron chi connectivity index (χ0n) is 9.80. The van der Waals surface area contributed by atoms with Crippen LogP contribution in [0.5, 0.6) is 0 Å². The Kier molecular flexibility index (Phi) is 3.11. The van der Waals surface area contributed by atoms with E-state index >= 15 is 0 Å². The maximum atomic E-state index is 13.0. The molecule has 0 radical (unpaired) electrons. The largest absolute Gasteiger partial charge is 0.342 e. The smallest absolute Gasteiger partial charge is 0.161 e. The van der Waals surface area contributed by atoms with Crippen molar-refractivity contribution in [3.8, 4) is 0 Å². The molecular weight excluding hydrogens is 224 g/mol. The minimum absolute atomic E-state index is 0.0229. The maximum Gasteiger partial charge on any atom is 0.161 e. The first-order chi connectivity index (χ1) is 7.97. The maximum absolute atomic E-state index is 13.0. The first kappa shape index (κ1) is 12.0. The number of halogens is 2. The Hall–Kier alpha value is -1.49. The molecule has 0 aliphatic rings. The van der Waals surface area contributed by atoms with Gasteiger partial charge in [0.2, 0.25) is 0 Å². The summed E-state index contributed by atoms with van der Waals surface area (Å²) in [6, 6.07) is 2.18. The molecule has 92 valence electrons. The number of nitrogens with one attached hydrogen (secondary N) is 1. The number of imidazole rings is 1. The highest BCUT2D eigenvalue weighted by Gasteiger charge is 2.13. The van der Waals surface area contributed by atoms with Crippen LogP contribution >= 0.6 is 0 Å². The molecule has 0 amide bonds. The predicted molar refractivity (Wildman–Crippen MR) is 62.5 cm³/mol. The summed E-state index contributed by atoms with van der Waals surface area (Å²) in [6.07, 6.45) is 0.565. The molecule has 1 aromatic heterocycles. The van der Waals surface area contributed by atoms with Crippen molar-refractivity contribution in [2.45, 2.75) is 26.3 Å². The molecule has 0 saturated carbocycles. The van der Waals surface area contributed by atoms with Crippen LogP contribution in [0.4, 0.5) is 8.78 Å². The van der Waals surface area contributed by atoms with E-state index < -0.39 is 11.6 Å². The van der Waals surface area contributed by atoms with Crippen molar-refractivity contribution in [3.05, 3.63) is 29.6 Å². The minimum atomic E-state index is -0.885. The number of rotatable bonds is 3. The highest BCUT2D eigenvalue weighted by Crippen LogP contribution is 2.17. The number of hydrogen-bond acceptors (Lipinski definition) is 2. The zero-order valence-corrected chi connectivity index (χ0v) is 9.80. The summed E-state index contributed by atoms with van der Waals surface area (Å²) in [6.45, 7) is 4.04. The second-order valence-corrected chi connectivity index (χ2v) is 4.58. The number of nitrogens with two attached hydrogens (primary N) is 1. The van der Waals surface area contributed by atoms with Crippen molar-refractivity contribution >= 4 is 11.0 Å². The first-order valence-corrected chi connectivity index (χ1v) is 5.56. The second-order valence-electron chi connectivity index (χ2n) is 4.58. The van der Waals surface area contributed by atoms with Gasteiger partial charge in [0, 0.05) is 24.6 Å². The van der Waals surface area contributed by atoms with Gasteiger partial charge in [-0.2, -0.15) is 0 Å². The summed E-state index contributed by atoms with van der Waals surface area (Å²) < 4.78 is 26.0. The van der Waals surface area contributed by atoms with Crippen molar-refractivity contribution < 1.29 is 8.78 Å². The fraction of sp³-hybridized carbons (Fsp3) is 0.417. The lowest BCUT2D eigenvalue weighted by atomic mass is 10.0. The molecule has 1 unspecified atom stereocenters. The predicted octanol–water partition coefficient (Wildman–Crippen LogP) is 2.37. The van der Waals surface area contributed by atoms with Gasteiger partial charge >= 0.3 is 0 Å². The molecule has 1 heterocycles. The fourth-order valence-corrected chi connectivity index (χ4v) is 1.61. The molecule has 2 aromatic rings. The summed E-state index contributed by atoms with van der Waals surface area (Å²) in [5.41, 5.74) is 6.84. The van der Waals surface area contributed by atoms with E-state index in [-0.39, 0.29) is 6.04 Å². The van der Waals surface area contributed by atoms with Crippen LogP contribution in [-0.2, 0) is 6.42 Å². The zero-order chi connectivity index (χ0) is 12.6. The molecule has 0 saturated heterocycles. The number of benzene rings is 1. The highest BCUT2D eigenvalue weighted by molar-refractivity contribution is 5.75. The topological polar surface area (TPSA) is 54.7 Å². The summed E-state index contributed by atoms with van der Waals surface area (Å²) >= 11 is 0. The highest BCUT2D eigenvalue weighted by atomic mass is 19.2. The number of H-pyrrole nitrogens is 1. The molecule has 3 N–H and O–H groups in total. The summed E-state index contributed by atoms with van der Waals surface area (Å²) in [4.78, 5) is 7.15. The lowest BCUT2D eigenvalue weighted by Gasteiger charge is -2.13. The Morgan fingerprint density at radius 2 is 1.94 bits per heavy atom. The van der Waals surface area contributed by atoms with Crippen LogP contribution in [0, 0.1) is 17.6 Å². The fourth-order valence-electron chi connectivity index (χ4n) is 1.61. The SMILES string of the molecule is CC(C)C(N)Cc1nc2cc(F)c(F)cc2[nH]1. The Bertz CT molecular complexity index is 495. The molecule has 3 nitrogen and oxygen atoms in total. The van der Waals surface area contributed by atoms with Crippen LogP contribution in [0.2, 0.25) is 0 Å². The third-order valence-corrected chi connectivity index (χ3v) is 2.86. The third kappa shape index (κ3) is 2.44. The second kappa shape index (κ2) is 4.41. The number of nitrogens with zero attached hydrogens (tertiary/aromatic N) is 1. The molecule has 0 spiro atoms. The van der Waals surface area contributed by atoms with Crippen molar-refractivity contribution in [2.24, 2.45) is 11.7 Å². The van der Waals surface area contributed by atoms with Crippen LogP contribution in [0.3, 0.4) is 0 Å². The van der Waals surface area contributed by atoms with Crippen molar-refractivity contribution in [3.63, 3.8) is 0 Å². The van der Waals surface area contributed by atoms with Crippen molar-refractivity contribution in [1.82, 2.24) is 9.97 Å². The van der Waals surface area contributed by atoms with Gasteiger partial charge in [0.1, 0.15) is 5.82 Å². The molecule has 2 rings (SSSR count). The number of aromatic amines is 1. The lowest BCUT2D eigenvalue weighted by molar-refractivity contribution is 0.483. The van der Waals surface area contributed by atoms with Gasteiger partial charge in [0.05, 0.1) is 11.0 Å². The Labute approximate surface area is 98.0 Å². The monoisotopic (exact) mass is 239 g/mol. The van der Waals surface area contributed by atoms with Crippen LogP contribution < -0.4 is 5.73 Å². The first-order valence-electron chi connectivity index (χ1n) is 5.56. The van der Waals surface area contributed by atoms with E-state index in [2.05, 4.69) is 9.97 Å². The molecule has 17 heavy (non-hydrogen) atoms. The van der Waals surface area contributed by atoms with E-state index in [4.69, 9.17) is 5.73 Å². The number of fused-ring (bicyclic) bond motifs is 1. The average molecular weight is 239 g/mol. The molecule has 1 atom stereocenters.